The van der Waals surface area contributed by atoms with Gasteiger partial charge in [0.05, 0.1) is 18.5 Å². The lowest BCUT2D eigenvalue weighted by Crippen LogP contribution is -2.53. The van der Waals surface area contributed by atoms with Crippen molar-refractivity contribution in [1.82, 2.24) is 15.6 Å². The molecule has 2 rings (SSSR count). The fraction of sp³-hybridized carbons (Fsp3) is 0.286. The van der Waals surface area contributed by atoms with Gasteiger partial charge in [-0.3, -0.25) is 19.2 Å². The molecule has 9 N–H and O–H groups in total. The van der Waals surface area contributed by atoms with Crippen molar-refractivity contribution in [2.75, 3.05) is 11.9 Å². The van der Waals surface area contributed by atoms with Crippen LogP contribution in [0, 0.1) is 0 Å². The van der Waals surface area contributed by atoms with E-state index in [9.17, 15) is 29.1 Å². The lowest BCUT2D eigenvalue weighted by molar-refractivity contribution is -0.143. The number of hydrogen-bond acceptors (Lipinski definition) is 8. The number of nitrogens with zero attached hydrogens (tertiary/aromatic N) is 2. The number of carbonyl (C=O) groups is 5. The van der Waals surface area contributed by atoms with Crippen LogP contribution in [0.3, 0.4) is 0 Å². The highest BCUT2D eigenvalue weighted by Crippen LogP contribution is 2.16. The first-order valence-electron chi connectivity index (χ1n) is 10.4. The Morgan fingerprint density at radius 3 is 2.31 bits per heavy atom. The minimum Gasteiger partial charge on any atom is -0.481 e. The van der Waals surface area contributed by atoms with Gasteiger partial charge in [0.25, 0.3) is 0 Å². The van der Waals surface area contributed by atoms with Crippen molar-refractivity contribution in [2.45, 2.75) is 31.3 Å². The number of anilines is 1. The molecule has 1 aromatic carbocycles. The molecule has 2 atom stereocenters. The molecular formula is C21H25N7O7S. The molecule has 0 saturated carbocycles. The number of aromatic nitrogens is 1. The van der Waals surface area contributed by atoms with Crippen LogP contribution in [-0.2, 0) is 36.8 Å². The minimum absolute atomic E-state index is 0.0356. The van der Waals surface area contributed by atoms with Gasteiger partial charge in [0.15, 0.2) is 11.1 Å². The molecule has 15 heteroatoms. The smallest absolute Gasteiger partial charge is 0.326 e. The average Bonchev–Trinajstić information content (AvgIpc) is 3.23. The largest absolute Gasteiger partial charge is 0.481 e. The van der Waals surface area contributed by atoms with Gasteiger partial charge in [0.1, 0.15) is 18.6 Å². The number of amides is 3. The van der Waals surface area contributed by atoms with Crippen LogP contribution in [0.15, 0.2) is 40.7 Å². The molecule has 192 valence electrons. The van der Waals surface area contributed by atoms with E-state index in [1.807, 2.05) is 0 Å². The van der Waals surface area contributed by atoms with Crippen molar-refractivity contribution in [3.8, 4) is 0 Å². The molecule has 36 heavy (non-hydrogen) atoms. The maximum absolute atomic E-state index is 12.7. The SMILES string of the molecule is NC(N)=NCC(=O)Nc1nc(CC(=O)N[C@@H](CC(=O)O)C(=O)N[C@@H](Cc2ccccc2)C(=O)O)cs1. The molecule has 0 fully saturated rings. The summed E-state index contributed by atoms with van der Waals surface area (Å²) < 4.78 is 0. The number of aliphatic imine (C=N–C) groups is 1. The number of carboxylic acids is 2. The van der Waals surface area contributed by atoms with Gasteiger partial charge in [-0.15, -0.1) is 11.3 Å². The van der Waals surface area contributed by atoms with Gasteiger partial charge in [-0.05, 0) is 5.56 Å². The predicted molar refractivity (Wildman–Crippen MR) is 129 cm³/mol. The van der Waals surface area contributed by atoms with E-state index in [4.69, 9.17) is 16.6 Å². The number of benzene rings is 1. The molecule has 0 aliphatic heterocycles. The number of thiazole rings is 1. The van der Waals surface area contributed by atoms with Gasteiger partial charge in [-0.2, -0.15) is 0 Å². The highest BCUT2D eigenvalue weighted by Gasteiger charge is 2.28. The van der Waals surface area contributed by atoms with Crippen LogP contribution < -0.4 is 27.4 Å². The third kappa shape index (κ3) is 9.76. The third-order valence-electron chi connectivity index (χ3n) is 4.47. The Labute approximate surface area is 208 Å². The van der Waals surface area contributed by atoms with Gasteiger partial charge < -0.3 is 37.6 Å². The van der Waals surface area contributed by atoms with Gasteiger partial charge in [0.2, 0.25) is 17.7 Å². The zero-order valence-electron chi connectivity index (χ0n) is 18.8. The second-order valence-electron chi connectivity index (χ2n) is 7.42. The number of aliphatic carboxylic acids is 2. The molecule has 0 radical (unpaired) electrons. The number of nitrogens with one attached hydrogen (secondary N) is 3. The van der Waals surface area contributed by atoms with Crippen molar-refractivity contribution in [2.24, 2.45) is 16.5 Å². The fourth-order valence-corrected chi connectivity index (χ4v) is 3.61. The number of guanidine groups is 1. The highest BCUT2D eigenvalue weighted by molar-refractivity contribution is 7.13. The summed E-state index contributed by atoms with van der Waals surface area (Å²) in [6.45, 7) is -0.314. The topological polar surface area (TPSA) is 239 Å². The molecule has 0 spiro atoms. The molecular weight excluding hydrogens is 494 g/mol. The Morgan fingerprint density at radius 1 is 1.00 bits per heavy atom. The zero-order valence-corrected chi connectivity index (χ0v) is 19.7. The molecule has 1 aromatic heterocycles. The van der Waals surface area contributed by atoms with Crippen LogP contribution in [0.25, 0.3) is 0 Å². The van der Waals surface area contributed by atoms with E-state index in [0.29, 0.717) is 5.56 Å². The monoisotopic (exact) mass is 519 g/mol. The molecule has 0 unspecified atom stereocenters. The Morgan fingerprint density at radius 2 is 1.69 bits per heavy atom. The van der Waals surface area contributed by atoms with Crippen LogP contribution in [0.4, 0.5) is 5.13 Å². The van der Waals surface area contributed by atoms with Crippen molar-refractivity contribution >= 4 is 52.1 Å². The summed E-state index contributed by atoms with van der Waals surface area (Å²) >= 11 is 1.03. The van der Waals surface area contributed by atoms with E-state index in [-0.39, 0.29) is 36.2 Å². The summed E-state index contributed by atoms with van der Waals surface area (Å²) in [6.07, 6.45) is -1.12. The van der Waals surface area contributed by atoms with E-state index < -0.39 is 48.2 Å². The van der Waals surface area contributed by atoms with E-state index in [1.54, 1.807) is 30.3 Å². The Kier molecular flexibility index (Phi) is 10.3. The van der Waals surface area contributed by atoms with E-state index in [1.165, 1.54) is 5.38 Å². The van der Waals surface area contributed by atoms with Crippen LogP contribution >= 0.6 is 11.3 Å². The predicted octanol–water partition coefficient (Wildman–Crippen LogP) is -1.33. The second kappa shape index (κ2) is 13.4. The first kappa shape index (κ1) is 27.7. The summed E-state index contributed by atoms with van der Waals surface area (Å²) in [7, 11) is 0. The second-order valence-corrected chi connectivity index (χ2v) is 8.28. The number of carboxylic acid groups (broad SMARTS) is 2. The summed E-state index contributed by atoms with van der Waals surface area (Å²) in [5, 5.41) is 27.3. The Balaban J connectivity index is 1.99. The van der Waals surface area contributed by atoms with Crippen molar-refractivity contribution < 1.29 is 34.2 Å². The van der Waals surface area contributed by atoms with Crippen LogP contribution in [0.1, 0.15) is 17.7 Å². The first-order chi connectivity index (χ1) is 17.0. The maximum Gasteiger partial charge on any atom is 0.326 e. The Hall–Kier alpha value is -4.53. The summed E-state index contributed by atoms with van der Waals surface area (Å²) in [5.41, 5.74) is 11.2. The molecule has 0 aliphatic carbocycles. The van der Waals surface area contributed by atoms with Gasteiger partial charge in [0, 0.05) is 11.8 Å². The van der Waals surface area contributed by atoms with Crippen molar-refractivity contribution in [3.63, 3.8) is 0 Å². The molecule has 1 heterocycles. The normalized spacial score (nSPS) is 12.0. The number of hydrogen-bond donors (Lipinski definition) is 7. The quantitative estimate of drug-likeness (QED) is 0.121. The molecule has 14 nitrogen and oxygen atoms in total. The van der Waals surface area contributed by atoms with E-state index in [2.05, 4.69) is 25.9 Å². The standard InChI is InChI=1S/C21H25N7O7S/c22-20(23)24-9-16(30)28-21-25-12(10-36-21)7-15(29)26-13(8-17(31)32)18(33)27-14(19(34)35)6-11-4-2-1-3-5-11/h1-5,10,13-14H,6-9H2,(H,26,29)(H,27,33)(H,31,32)(H,34,35)(H4,22,23,24)(H,25,28,30)/t13-,14-/m0/s1. The number of rotatable bonds is 13. The van der Waals surface area contributed by atoms with Crippen molar-refractivity contribution in [1.29, 1.82) is 0 Å². The Bertz CT molecular complexity index is 1130. The molecule has 0 bridgehead atoms. The minimum atomic E-state index is -1.52. The molecule has 2 aromatic rings. The van der Waals surface area contributed by atoms with Gasteiger partial charge in [-0.25, -0.2) is 14.8 Å². The zero-order chi connectivity index (χ0) is 26.7. The van der Waals surface area contributed by atoms with Gasteiger partial charge in [-0.1, -0.05) is 30.3 Å². The van der Waals surface area contributed by atoms with Gasteiger partial charge >= 0.3 is 11.9 Å². The number of nitrogens with two attached hydrogens (primary N) is 2. The summed E-state index contributed by atoms with van der Waals surface area (Å²) in [4.78, 5) is 67.4. The van der Waals surface area contributed by atoms with Crippen LogP contribution in [0.5, 0.6) is 0 Å². The number of carbonyl (C=O) groups excluding carboxylic acids is 3. The van der Waals surface area contributed by atoms with Crippen molar-refractivity contribution in [3.05, 3.63) is 47.0 Å². The van der Waals surface area contributed by atoms with Crippen LogP contribution in [-0.4, -0.2) is 69.4 Å². The summed E-state index contributed by atoms with van der Waals surface area (Å²) in [6, 6.07) is 5.68. The van der Waals surface area contributed by atoms with E-state index in [0.717, 1.165) is 11.3 Å². The maximum atomic E-state index is 12.7. The third-order valence-corrected chi connectivity index (χ3v) is 5.28. The molecule has 0 aliphatic rings. The average molecular weight is 520 g/mol. The lowest BCUT2D eigenvalue weighted by Gasteiger charge is -2.20. The summed E-state index contributed by atoms with van der Waals surface area (Å²) in [5.74, 6) is -5.16. The molecule has 3 amide bonds. The van der Waals surface area contributed by atoms with Crippen LogP contribution in [0.2, 0.25) is 0 Å². The van der Waals surface area contributed by atoms with E-state index >= 15 is 0 Å². The fourth-order valence-electron chi connectivity index (χ4n) is 2.88. The molecule has 0 saturated heterocycles. The highest BCUT2D eigenvalue weighted by atomic mass is 32.1. The first-order valence-corrected chi connectivity index (χ1v) is 11.3. The lowest BCUT2D eigenvalue weighted by atomic mass is 10.1.